The van der Waals surface area contributed by atoms with Crippen molar-refractivity contribution in [3.8, 4) is 0 Å². The fourth-order valence-electron chi connectivity index (χ4n) is 3.85. The lowest BCUT2D eigenvalue weighted by atomic mass is 10.1. The highest BCUT2D eigenvalue weighted by Crippen LogP contribution is 2.29. The fraction of sp³-hybridized carbons (Fsp3) is 0.269. The summed E-state index contributed by atoms with van der Waals surface area (Å²) in [6, 6.07) is 9.95. The predicted molar refractivity (Wildman–Crippen MR) is 129 cm³/mol. The number of ether oxygens (including phenoxy) is 1. The number of alkyl halides is 3. The number of esters is 1. The van der Waals surface area contributed by atoms with E-state index in [4.69, 9.17) is 4.74 Å². The molecule has 4 rings (SSSR count). The maximum atomic E-state index is 13.3. The number of aryl methyl sites for hydroxylation is 1. The average Bonchev–Trinajstić information content (AvgIpc) is 2.87. The second-order valence-electron chi connectivity index (χ2n) is 8.18. The van der Waals surface area contributed by atoms with Crippen LogP contribution in [0.15, 0.2) is 64.5 Å². The van der Waals surface area contributed by atoms with Crippen LogP contribution in [0.5, 0.6) is 0 Å². The molecular weight excluding hydrogens is 489 g/mol. The Hall–Kier alpha value is -4.28. The largest absolute Gasteiger partial charge is 0.462 e. The summed E-state index contributed by atoms with van der Waals surface area (Å²) in [6.45, 7) is 3.86. The molecule has 11 heteroatoms. The van der Waals surface area contributed by atoms with Crippen LogP contribution in [0.25, 0.3) is 16.7 Å². The highest BCUT2D eigenvalue weighted by molar-refractivity contribution is 5.97. The van der Waals surface area contributed by atoms with Crippen molar-refractivity contribution in [2.75, 3.05) is 6.61 Å². The molecule has 1 aromatic carbocycles. The van der Waals surface area contributed by atoms with Gasteiger partial charge in [-0.25, -0.2) is 9.78 Å². The molecule has 1 amide bonds. The smallest absolute Gasteiger partial charge is 0.416 e. The predicted octanol–water partition coefficient (Wildman–Crippen LogP) is 4.39. The number of benzene rings is 1. The molecule has 0 atom stereocenters. The van der Waals surface area contributed by atoms with Crippen molar-refractivity contribution < 1.29 is 27.5 Å². The van der Waals surface area contributed by atoms with E-state index in [1.54, 1.807) is 31.3 Å². The summed E-state index contributed by atoms with van der Waals surface area (Å²) in [7, 11) is 0. The van der Waals surface area contributed by atoms with Crippen LogP contribution in [0.3, 0.4) is 0 Å². The van der Waals surface area contributed by atoms with Gasteiger partial charge in [0.2, 0.25) is 0 Å². The number of pyridine rings is 2. The number of aromatic nitrogens is 3. The third-order valence-corrected chi connectivity index (χ3v) is 5.69. The number of hydrogen-bond donors (Lipinski definition) is 0. The molecule has 0 saturated heterocycles. The maximum absolute atomic E-state index is 13.3. The van der Waals surface area contributed by atoms with Gasteiger partial charge in [0.1, 0.15) is 16.9 Å². The first kappa shape index (κ1) is 25.8. The van der Waals surface area contributed by atoms with Gasteiger partial charge in [-0.05, 0) is 55.8 Å². The van der Waals surface area contributed by atoms with Gasteiger partial charge in [-0.3, -0.25) is 14.0 Å². The second-order valence-corrected chi connectivity index (χ2v) is 8.18. The van der Waals surface area contributed by atoms with E-state index in [2.05, 4.69) is 9.98 Å². The molecule has 4 aromatic rings. The normalized spacial score (nSPS) is 12.3. The van der Waals surface area contributed by atoms with Crippen LogP contribution < -0.4 is 11.0 Å². The van der Waals surface area contributed by atoms with Gasteiger partial charge in [-0.2, -0.15) is 18.2 Å². The lowest BCUT2D eigenvalue weighted by Gasteiger charge is -2.15. The van der Waals surface area contributed by atoms with Crippen LogP contribution in [0, 0.1) is 0 Å². The first-order chi connectivity index (χ1) is 17.7. The lowest BCUT2D eigenvalue weighted by molar-refractivity contribution is -0.137. The third kappa shape index (κ3) is 5.16. The Kier molecular flexibility index (Phi) is 7.23. The van der Waals surface area contributed by atoms with Crippen LogP contribution in [-0.4, -0.2) is 32.4 Å². The monoisotopic (exact) mass is 512 g/mol. The molecule has 0 fully saturated rings. The van der Waals surface area contributed by atoms with Crippen molar-refractivity contribution in [2.24, 2.45) is 4.99 Å². The SMILES string of the molecule is CCCCn1c(=NC(=O)c2ccc(C(F)(F)F)cc2)c(C(=O)OCC)cc2c(=O)n3ccccc3nc21. The summed E-state index contributed by atoms with van der Waals surface area (Å²) in [5.74, 6) is -1.66. The van der Waals surface area contributed by atoms with Crippen molar-refractivity contribution in [1.82, 2.24) is 14.0 Å². The standard InChI is InChI=1S/C26H23F3N4O4/c1-3-5-13-33-21-18(24(35)32-14-7-6-8-20(32)30-21)15-19(25(36)37-4-2)22(33)31-23(34)16-9-11-17(12-10-16)26(27,28)29/h6-12,14-15H,3-5,13H2,1-2H3. The summed E-state index contributed by atoms with van der Waals surface area (Å²) in [5, 5.41) is 0.129. The van der Waals surface area contributed by atoms with Gasteiger partial charge in [-0.1, -0.05) is 19.4 Å². The van der Waals surface area contributed by atoms with E-state index in [9.17, 15) is 27.6 Å². The van der Waals surface area contributed by atoms with Gasteiger partial charge in [0, 0.05) is 18.3 Å². The Bertz CT molecular complexity index is 1620. The summed E-state index contributed by atoms with van der Waals surface area (Å²) in [4.78, 5) is 48.0. The molecule has 0 N–H and O–H groups in total. The van der Waals surface area contributed by atoms with Gasteiger partial charge in [-0.15, -0.1) is 0 Å². The molecule has 0 aliphatic carbocycles. The second kappa shape index (κ2) is 10.4. The molecule has 0 aliphatic rings. The molecule has 0 unspecified atom stereocenters. The number of rotatable bonds is 6. The average molecular weight is 512 g/mol. The van der Waals surface area contributed by atoms with Crippen LogP contribution in [-0.2, 0) is 17.5 Å². The Labute approximate surface area is 208 Å². The highest BCUT2D eigenvalue weighted by atomic mass is 19.4. The Morgan fingerprint density at radius 1 is 1.08 bits per heavy atom. The third-order valence-electron chi connectivity index (χ3n) is 5.69. The number of halogens is 3. The minimum absolute atomic E-state index is 0.0348. The molecule has 37 heavy (non-hydrogen) atoms. The molecule has 3 aromatic heterocycles. The van der Waals surface area contributed by atoms with Crippen molar-refractivity contribution in [3.63, 3.8) is 0 Å². The number of carbonyl (C=O) groups excluding carboxylic acids is 2. The van der Waals surface area contributed by atoms with Gasteiger partial charge in [0.25, 0.3) is 11.5 Å². The Morgan fingerprint density at radius 2 is 1.81 bits per heavy atom. The van der Waals surface area contributed by atoms with Gasteiger partial charge in [0.15, 0.2) is 5.49 Å². The minimum Gasteiger partial charge on any atom is -0.462 e. The van der Waals surface area contributed by atoms with Crippen LogP contribution in [0.1, 0.15) is 53.0 Å². The van der Waals surface area contributed by atoms with Crippen LogP contribution in [0.4, 0.5) is 13.2 Å². The van der Waals surface area contributed by atoms with Crippen LogP contribution in [0.2, 0.25) is 0 Å². The summed E-state index contributed by atoms with van der Waals surface area (Å²) in [5.41, 5.74) is -1.06. The molecule has 8 nitrogen and oxygen atoms in total. The van der Waals surface area contributed by atoms with E-state index in [1.807, 2.05) is 6.92 Å². The number of fused-ring (bicyclic) bond motifs is 2. The van der Waals surface area contributed by atoms with Gasteiger partial charge < -0.3 is 9.30 Å². The first-order valence-corrected chi connectivity index (χ1v) is 11.6. The molecule has 3 heterocycles. The van der Waals surface area contributed by atoms with Crippen molar-refractivity contribution in [3.05, 3.63) is 87.3 Å². The molecular formula is C26H23F3N4O4. The number of amides is 1. The zero-order valence-corrected chi connectivity index (χ0v) is 20.1. The summed E-state index contributed by atoms with van der Waals surface area (Å²) in [6.07, 6.45) is -1.65. The Morgan fingerprint density at radius 3 is 2.46 bits per heavy atom. The zero-order chi connectivity index (χ0) is 26.7. The molecule has 0 spiro atoms. The van der Waals surface area contributed by atoms with E-state index in [1.165, 1.54) is 15.0 Å². The van der Waals surface area contributed by atoms with Crippen LogP contribution >= 0.6 is 0 Å². The van der Waals surface area contributed by atoms with Crippen molar-refractivity contribution in [2.45, 2.75) is 39.4 Å². The molecule has 0 aliphatic heterocycles. The quantitative estimate of drug-likeness (QED) is 0.282. The molecule has 0 radical (unpaired) electrons. The number of carbonyl (C=O) groups is 2. The van der Waals surface area contributed by atoms with Gasteiger partial charge >= 0.3 is 12.1 Å². The van der Waals surface area contributed by atoms with E-state index in [-0.39, 0.29) is 40.8 Å². The van der Waals surface area contributed by atoms with E-state index in [0.717, 1.165) is 30.7 Å². The zero-order valence-electron chi connectivity index (χ0n) is 20.1. The lowest BCUT2D eigenvalue weighted by Crippen LogP contribution is -2.33. The number of unbranched alkanes of at least 4 members (excludes halogenated alkanes) is 1. The number of nitrogens with zero attached hydrogens (tertiary/aromatic N) is 4. The highest BCUT2D eigenvalue weighted by Gasteiger charge is 2.30. The fourth-order valence-corrected chi connectivity index (χ4v) is 3.85. The van der Waals surface area contributed by atoms with Crippen molar-refractivity contribution >= 4 is 28.6 Å². The Balaban J connectivity index is 2.03. The summed E-state index contributed by atoms with van der Waals surface area (Å²) >= 11 is 0. The van der Waals surface area contributed by atoms with Gasteiger partial charge in [0.05, 0.1) is 17.6 Å². The minimum atomic E-state index is -4.56. The molecule has 0 saturated carbocycles. The summed E-state index contributed by atoms with van der Waals surface area (Å²) < 4.78 is 46.9. The van der Waals surface area contributed by atoms with E-state index in [0.29, 0.717) is 12.1 Å². The topological polar surface area (TPSA) is 95.0 Å². The maximum Gasteiger partial charge on any atom is 0.416 e. The van der Waals surface area contributed by atoms with E-state index < -0.39 is 29.2 Å². The molecule has 192 valence electrons. The first-order valence-electron chi connectivity index (χ1n) is 11.6. The van der Waals surface area contributed by atoms with Crippen molar-refractivity contribution in [1.29, 1.82) is 0 Å². The number of hydrogen-bond acceptors (Lipinski definition) is 5. The van der Waals surface area contributed by atoms with E-state index >= 15 is 0 Å². The molecule has 0 bridgehead atoms.